The number of anilines is 1. The first-order valence-electron chi connectivity index (χ1n) is 5.68. The smallest absolute Gasteiger partial charge is 0.101 e. The number of benzene rings is 1. The highest BCUT2D eigenvalue weighted by atomic mass is 15.0. The van der Waals surface area contributed by atoms with Gasteiger partial charge in [-0.15, -0.1) is 0 Å². The van der Waals surface area contributed by atoms with Gasteiger partial charge in [-0.2, -0.15) is 5.26 Å². The van der Waals surface area contributed by atoms with Crippen molar-refractivity contribution in [1.29, 1.82) is 5.26 Å². The number of rotatable bonds is 5. The lowest BCUT2D eigenvalue weighted by Crippen LogP contribution is -2.44. The molecule has 0 saturated heterocycles. The molecule has 1 aromatic carbocycles. The van der Waals surface area contributed by atoms with Gasteiger partial charge in [0.15, 0.2) is 0 Å². The van der Waals surface area contributed by atoms with E-state index in [1.807, 2.05) is 24.3 Å². The lowest BCUT2D eigenvalue weighted by atomic mass is 9.92. The van der Waals surface area contributed by atoms with E-state index in [4.69, 9.17) is 11.0 Å². The zero-order chi connectivity index (χ0) is 12.0. The Bertz CT molecular complexity index is 367. The van der Waals surface area contributed by atoms with E-state index in [1.54, 1.807) is 0 Å². The Morgan fingerprint density at radius 1 is 1.31 bits per heavy atom. The van der Waals surface area contributed by atoms with Crippen LogP contribution in [0.4, 0.5) is 5.69 Å². The van der Waals surface area contributed by atoms with Gasteiger partial charge in [-0.05, 0) is 25.0 Å². The zero-order valence-electron chi connectivity index (χ0n) is 9.96. The van der Waals surface area contributed by atoms with Gasteiger partial charge in [0.25, 0.3) is 0 Å². The first-order valence-corrected chi connectivity index (χ1v) is 5.68. The van der Waals surface area contributed by atoms with Gasteiger partial charge < -0.3 is 11.1 Å². The third-order valence-corrected chi connectivity index (χ3v) is 3.19. The van der Waals surface area contributed by atoms with Crippen molar-refractivity contribution in [3.05, 3.63) is 29.8 Å². The van der Waals surface area contributed by atoms with Crippen LogP contribution in [0, 0.1) is 11.3 Å². The van der Waals surface area contributed by atoms with Crippen LogP contribution < -0.4 is 11.1 Å². The number of hydrogen-bond donors (Lipinski definition) is 2. The van der Waals surface area contributed by atoms with Gasteiger partial charge in [0.2, 0.25) is 0 Å². The highest BCUT2D eigenvalue weighted by molar-refractivity contribution is 5.58. The van der Waals surface area contributed by atoms with E-state index in [1.165, 1.54) is 0 Å². The largest absolute Gasteiger partial charge is 0.377 e. The summed E-state index contributed by atoms with van der Waals surface area (Å²) in [6, 6.07) is 9.72. The van der Waals surface area contributed by atoms with E-state index in [0.717, 1.165) is 18.5 Å². The summed E-state index contributed by atoms with van der Waals surface area (Å²) in [4.78, 5) is 0. The number of nitrogens with two attached hydrogens (primary N) is 1. The van der Waals surface area contributed by atoms with E-state index in [9.17, 15) is 0 Å². The normalized spacial score (nSPS) is 10.9. The summed E-state index contributed by atoms with van der Waals surface area (Å²) in [5.74, 6) is 0. The molecule has 0 aliphatic carbocycles. The van der Waals surface area contributed by atoms with Crippen LogP contribution in [-0.2, 0) is 0 Å². The highest BCUT2D eigenvalue weighted by Crippen LogP contribution is 2.23. The van der Waals surface area contributed by atoms with Crippen LogP contribution >= 0.6 is 0 Å². The second-order valence-corrected chi connectivity index (χ2v) is 3.97. The fourth-order valence-corrected chi connectivity index (χ4v) is 1.74. The van der Waals surface area contributed by atoms with Crippen LogP contribution in [-0.4, -0.2) is 12.1 Å². The van der Waals surface area contributed by atoms with Crippen LogP contribution in [0.25, 0.3) is 0 Å². The van der Waals surface area contributed by atoms with Gasteiger partial charge in [-0.1, -0.05) is 26.0 Å². The van der Waals surface area contributed by atoms with Crippen molar-refractivity contribution in [2.45, 2.75) is 32.2 Å². The molecular formula is C13H19N3. The van der Waals surface area contributed by atoms with Crippen LogP contribution in [0.3, 0.4) is 0 Å². The number of nitriles is 1. The molecule has 0 fully saturated rings. The summed E-state index contributed by atoms with van der Waals surface area (Å²) in [5, 5.41) is 12.4. The molecule has 0 atom stereocenters. The van der Waals surface area contributed by atoms with Crippen LogP contribution in [0.2, 0.25) is 0 Å². The zero-order valence-corrected chi connectivity index (χ0v) is 9.96. The quantitative estimate of drug-likeness (QED) is 0.796. The highest BCUT2D eigenvalue weighted by Gasteiger charge is 2.24. The Kier molecular flexibility index (Phi) is 4.33. The van der Waals surface area contributed by atoms with Crippen LogP contribution in [0.1, 0.15) is 32.3 Å². The molecule has 3 heteroatoms. The van der Waals surface area contributed by atoms with Gasteiger partial charge in [-0.25, -0.2) is 0 Å². The second-order valence-electron chi connectivity index (χ2n) is 3.97. The van der Waals surface area contributed by atoms with E-state index >= 15 is 0 Å². The standard InChI is InChI=1S/C13H19N3/c1-3-13(4-2,10-15)16-12-8-6-5-7-11(12)9-14/h5-8,16H,3-4,10,15H2,1-2H3. The van der Waals surface area contributed by atoms with E-state index in [-0.39, 0.29) is 5.54 Å². The van der Waals surface area contributed by atoms with Crippen molar-refractivity contribution in [3.8, 4) is 6.07 Å². The molecule has 0 unspecified atom stereocenters. The summed E-state index contributed by atoms with van der Waals surface area (Å²) in [5.41, 5.74) is 7.26. The van der Waals surface area contributed by atoms with Gasteiger partial charge in [0.05, 0.1) is 11.3 Å². The summed E-state index contributed by atoms with van der Waals surface area (Å²) < 4.78 is 0. The van der Waals surface area contributed by atoms with E-state index < -0.39 is 0 Å². The number of nitrogens with zero attached hydrogens (tertiary/aromatic N) is 1. The number of para-hydroxylation sites is 1. The number of nitrogens with one attached hydrogen (secondary N) is 1. The maximum absolute atomic E-state index is 9.01. The fourth-order valence-electron chi connectivity index (χ4n) is 1.74. The fraction of sp³-hybridized carbons (Fsp3) is 0.462. The van der Waals surface area contributed by atoms with Gasteiger partial charge in [0.1, 0.15) is 6.07 Å². The molecule has 0 aliphatic rings. The molecule has 1 rings (SSSR count). The van der Waals surface area contributed by atoms with Crippen LogP contribution in [0.5, 0.6) is 0 Å². The minimum absolute atomic E-state index is 0.104. The minimum atomic E-state index is -0.104. The molecule has 0 bridgehead atoms. The molecule has 0 heterocycles. The maximum atomic E-state index is 9.01. The SMILES string of the molecule is CCC(CC)(CN)Nc1ccccc1C#N. The van der Waals surface area contributed by atoms with Crippen molar-refractivity contribution in [3.63, 3.8) is 0 Å². The molecule has 0 radical (unpaired) electrons. The Morgan fingerprint density at radius 2 is 1.94 bits per heavy atom. The maximum Gasteiger partial charge on any atom is 0.101 e. The second kappa shape index (κ2) is 5.53. The van der Waals surface area contributed by atoms with Crippen molar-refractivity contribution in [1.82, 2.24) is 0 Å². The third kappa shape index (κ3) is 2.53. The van der Waals surface area contributed by atoms with Crippen molar-refractivity contribution >= 4 is 5.69 Å². The van der Waals surface area contributed by atoms with Crippen molar-refractivity contribution in [2.75, 3.05) is 11.9 Å². The average molecular weight is 217 g/mol. The van der Waals surface area contributed by atoms with Gasteiger partial charge in [-0.3, -0.25) is 0 Å². The summed E-state index contributed by atoms with van der Waals surface area (Å²) in [6.07, 6.45) is 1.89. The Labute approximate surface area is 97.3 Å². The predicted molar refractivity (Wildman–Crippen MR) is 67.1 cm³/mol. The molecule has 3 N–H and O–H groups in total. The minimum Gasteiger partial charge on any atom is -0.377 e. The van der Waals surface area contributed by atoms with E-state index in [0.29, 0.717) is 12.1 Å². The summed E-state index contributed by atoms with van der Waals surface area (Å²) >= 11 is 0. The van der Waals surface area contributed by atoms with Crippen LogP contribution in [0.15, 0.2) is 24.3 Å². The molecule has 0 amide bonds. The van der Waals surface area contributed by atoms with E-state index in [2.05, 4.69) is 25.2 Å². The Morgan fingerprint density at radius 3 is 2.44 bits per heavy atom. The molecule has 0 saturated carbocycles. The average Bonchev–Trinajstić information content (AvgIpc) is 2.36. The molecule has 0 spiro atoms. The van der Waals surface area contributed by atoms with Gasteiger partial charge in [0, 0.05) is 12.1 Å². The number of hydrogen-bond acceptors (Lipinski definition) is 3. The molecule has 0 aliphatic heterocycles. The molecule has 1 aromatic rings. The van der Waals surface area contributed by atoms with Gasteiger partial charge >= 0.3 is 0 Å². The molecule has 0 aromatic heterocycles. The predicted octanol–water partition coefficient (Wildman–Crippen LogP) is 2.49. The molecular weight excluding hydrogens is 198 g/mol. The van der Waals surface area contributed by atoms with Crippen molar-refractivity contribution in [2.24, 2.45) is 5.73 Å². The molecule has 3 nitrogen and oxygen atoms in total. The molecule has 86 valence electrons. The van der Waals surface area contributed by atoms with Crippen molar-refractivity contribution < 1.29 is 0 Å². The first-order chi connectivity index (χ1) is 7.71. The lowest BCUT2D eigenvalue weighted by Gasteiger charge is -2.33. The Balaban J connectivity index is 2.99. The monoisotopic (exact) mass is 217 g/mol. The summed E-state index contributed by atoms with van der Waals surface area (Å²) in [7, 11) is 0. The summed E-state index contributed by atoms with van der Waals surface area (Å²) in [6.45, 7) is 4.79. The molecule has 16 heavy (non-hydrogen) atoms. The lowest BCUT2D eigenvalue weighted by molar-refractivity contribution is 0.445. The Hall–Kier alpha value is -1.53. The first kappa shape index (κ1) is 12.5. The third-order valence-electron chi connectivity index (χ3n) is 3.19. The topological polar surface area (TPSA) is 61.8 Å².